The maximum Gasteiger partial charge on any atom is 0.0524 e. The molecule has 2 fully saturated rings. The first-order valence-electron chi connectivity index (χ1n) is 7.04. The Morgan fingerprint density at radius 3 is 2.83 bits per heavy atom. The first-order chi connectivity index (χ1) is 8.86. The Balaban J connectivity index is 1.47. The topological polar surface area (TPSA) is 36.3 Å². The predicted octanol–water partition coefficient (Wildman–Crippen LogP) is -0.00760. The molecule has 0 atom stereocenters. The minimum atomic E-state index is 0.782. The van der Waals surface area contributed by atoms with Gasteiger partial charge < -0.3 is 5.32 Å². The summed E-state index contributed by atoms with van der Waals surface area (Å²) in [5.41, 5.74) is 1.34. The van der Waals surface area contributed by atoms with Crippen molar-refractivity contribution in [3.05, 3.63) is 18.0 Å². The molecule has 2 aliphatic rings. The molecule has 0 amide bonds. The molecule has 0 unspecified atom stereocenters. The van der Waals surface area contributed by atoms with E-state index in [1.165, 1.54) is 31.9 Å². The van der Waals surface area contributed by atoms with E-state index in [-0.39, 0.29) is 0 Å². The maximum atomic E-state index is 4.33. The number of nitrogens with one attached hydrogen (secondary N) is 1. The van der Waals surface area contributed by atoms with Gasteiger partial charge in [-0.25, -0.2) is 0 Å². The number of hydrogen-bond donors (Lipinski definition) is 1. The smallest absolute Gasteiger partial charge is 0.0524 e. The van der Waals surface area contributed by atoms with E-state index in [9.17, 15) is 0 Å². The van der Waals surface area contributed by atoms with Crippen molar-refractivity contribution in [3.63, 3.8) is 0 Å². The lowest BCUT2D eigenvalue weighted by Gasteiger charge is -2.46. The summed E-state index contributed by atoms with van der Waals surface area (Å²) in [6.07, 6.45) is 1.91. The molecular formula is C13H23N5. The zero-order valence-electron chi connectivity index (χ0n) is 11.2. The van der Waals surface area contributed by atoms with Crippen molar-refractivity contribution in [1.82, 2.24) is 24.9 Å². The number of rotatable bonds is 4. The van der Waals surface area contributed by atoms with Gasteiger partial charge >= 0.3 is 0 Å². The van der Waals surface area contributed by atoms with Crippen molar-refractivity contribution in [2.45, 2.75) is 26.1 Å². The van der Waals surface area contributed by atoms with E-state index in [4.69, 9.17) is 0 Å². The highest BCUT2D eigenvalue weighted by Crippen LogP contribution is 2.18. The van der Waals surface area contributed by atoms with Crippen molar-refractivity contribution >= 4 is 0 Å². The van der Waals surface area contributed by atoms with Crippen LogP contribution in [0.4, 0.5) is 0 Å². The molecule has 5 heteroatoms. The molecule has 3 heterocycles. The second kappa shape index (κ2) is 5.38. The van der Waals surface area contributed by atoms with Crippen molar-refractivity contribution < 1.29 is 0 Å². The number of aromatic nitrogens is 2. The second-order valence-corrected chi connectivity index (χ2v) is 5.27. The van der Waals surface area contributed by atoms with E-state index in [0.717, 1.165) is 32.2 Å². The third-order valence-electron chi connectivity index (χ3n) is 4.10. The number of aryl methyl sites for hydroxylation is 1. The minimum Gasteiger partial charge on any atom is -0.314 e. The van der Waals surface area contributed by atoms with Crippen molar-refractivity contribution in [1.29, 1.82) is 0 Å². The van der Waals surface area contributed by atoms with Crippen LogP contribution >= 0.6 is 0 Å². The quantitative estimate of drug-likeness (QED) is 0.814. The molecule has 3 rings (SSSR count). The molecule has 5 nitrogen and oxygen atoms in total. The van der Waals surface area contributed by atoms with Gasteiger partial charge in [-0.3, -0.25) is 14.5 Å². The van der Waals surface area contributed by atoms with Crippen LogP contribution in [0.5, 0.6) is 0 Å². The molecule has 0 radical (unpaired) electrons. The van der Waals surface area contributed by atoms with E-state index in [1.807, 2.05) is 6.20 Å². The second-order valence-electron chi connectivity index (χ2n) is 5.27. The van der Waals surface area contributed by atoms with Gasteiger partial charge in [-0.05, 0) is 13.0 Å². The van der Waals surface area contributed by atoms with E-state index in [1.54, 1.807) is 0 Å². The van der Waals surface area contributed by atoms with Crippen LogP contribution in [0.25, 0.3) is 0 Å². The zero-order valence-corrected chi connectivity index (χ0v) is 11.2. The van der Waals surface area contributed by atoms with Gasteiger partial charge in [0.1, 0.15) is 0 Å². The summed E-state index contributed by atoms with van der Waals surface area (Å²) in [5, 5.41) is 7.74. The zero-order chi connectivity index (χ0) is 12.4. The molecule has 2 aliphatic heterocycles. The Morgan fingerprint density at radius 1 is 1.33 bits per heavy atom. The number of likely N-dealkylation sites (tertiary alicyclic amines) is 1. The molecule has 1 aromatic rings. The number of nitrogens with zero attached hydrogens (tertiary/aromatic N) is 4. The van der Waals surface area contributed by atoms with Gasteiger partial charge in [0.05, 0.1) is 5.69 Å². The van der Waals surface area contributed by atoms with Crippen LogP contribution in [-0.2, 0) is 13.1 Å². The highest BCUT2D eigenvalue weighted by molar-refractivity contribution is 5.02. The molecule has 18 heavy (non-hydrogen) atoms. The normalized spacial score (nSPS) is 23.2. The van der Waals surface area contributed by atoms with E-state index in [2.05, 4.69) is 37.9 Å². The Kier molecular flexibility index (Phi) is 3.63. The highest BCUT2D eigenvalue weighted by atomic mass is 15.3. The summed E-state index contributed by atoms with van der Waals surface area (Å²) in [6.45, 7) is 11.3. The first-order valence-corrected chi connectivity index (χ1v) is 7.04. The Hall–Kier alpha value is -0.910. The summed E-state index contributed by atoms with van der Waals surface area (Å²) >= 11 is 0. The lowest BCUT2D eigenvalue weighted by molar-refractivity contribution is 0.0208. The van der Waals surface area contributed by atoms with Gasteiger partial charge in [-0.1, -0.05) is 0 Å². The average Bonchev–Trinajstić information content (AvgIpc) is 2.81. The van der Waals surface area contributed by atoms with E-state index >= 15 is 0 Å². The third-order valence-corrected chi connectivity index (χ3v) is 4.10. The monoisotopic (exact) mass is 249 g/mol. The average molecular weight is 249 g/mol. The summed E-state index contributed by atoms with van der Waals surface area (Å²) in [6, 6.07) is 2.92. The SMILES string of the molecule is CCn1nccc1CN1CC(N2CCNCC2)C1. The van der Waals surface area contributed by atoms with Crippen molar-refractivity contribution in [3.8, 4) is 0 Å². The maximum absolute atomic E-state index is 4.33. The van der Waals surface area contributed by atoms with Crippen LogP contribution in [-0.4, -0.2) is 64.9 Å². The summed E-state index contributed by atoms with van der Waals surface area (Å²) in [7, 11) is 0. The fourth-order valence-electron chi connectivity index (χ4n) is 2.96. The van der Waals surface area contributed by atoms with Crippen LogP contribution in [0.1, 0.15) is 12.6 Å². The largest absolute Gasteiger partial charge is 0.314 e. The summed E-state index contributed by atoms with van der Waals surface area (Å²) in [5.74, 6) is 0. The van der Waals surface area contributed by atoms with E-state index in [0.29, 0.717) is 0 Å². The van der Waals surface area contributed by atoms with E-state index < -0.39 is 0 Å². The molecular weight excluding hydrogens is 226 g/mol. The fourth-order valence-corrected chi connectivity index (χ4v) is 2.96. The van der Waals surface area contributed by atoms with Crippen molar-refractivity contribution in [2.75, 3.05) is 39.3 Å². The van der Waals surface area contributed by atoms with Gasteiger partial charge in [-0.15, -0.1) is 0 Å². The highest BCUT2D eigenvalue weighted by Gasteiger charge is 2.32. The lowest BCUT2D eigenvalue weighted by atomic mass is 10.1. The molecule has 0 aliphatic carbocycles. The van der Waals surface area contributed by atoms with Gasteiger partial charge in [0.25, 0.3) is 0 Å². The molecule has 100 valence electrons. The van der Waals surface area contributed by atoms with Crippen LogP contribution in [0.2, 0.25) is 0 Å². The molecule has 0 saturated carbocycles. The van der Waals surface area contributed by atoms with Crippen LogP contribution in [0.3, 0.4) is 0 Å². The van der Waals surface area contributed by atoms with Crippen LogP contribution in [0.15, 0.2) is 12.3 Å². The molecule has 2 saturated heterocycles. The third kappa shape index (κ3) is 2.43. The van der Waals surface area contributed by atoms with Crippen LogP contribution < -0.4 is 5.32 Å². The van der Waals surface area contributed by atoms with Crippen LogP contribution in [0, 0.1) is 0 Å². The molecule has 1 N–H and O–H groups in total. The molecule has 0 aromatic carbocycles. The predicted molar refractivity (Wildman–Crippen MR) is 71.4 cm³/mol. The van der Waals surface area contributed by atoms with Crippen molar-refractivity contribution in [2.24, 2.45) is 0 Å². The molecule has 0 bridgehead atoms. The summed E-state index contributed by atoms with van der Waals surface area (Å²) in [4.78, 5) is 5.15. The van der Waals surface area contributed by atoms with Gasteiger partial charge in [0.15, 0.2) is 0 Å². The Bertz CT molecular complexity index is 376. The summed E-state index contributed by atoms with van der Waals surface area (Å²) < 4.78 is 2.10. The number of piperazine rings is 1. The van der Waals surface area contributed by atoms with Gasteiger partial charge in [0, 0.05) is 64.6 Å². The van der Waals surface area contributed by atoms with Gasteiger partial charge in [0.2, 0.25) is 0 Å². The number of hydrogen-bond acceptors (Lipinski definition) is 4. The first kappa shape index (κ1) is 12.1. The lowest BCUT2D eigenvalue weighted by Crippen LogP contribution is -2.62. The molecule has 0 spiro atoms. The Labute approximate surface area is 109 Å². The standard InChI is InChI=1S/C13H23N5/c1-2-18-12(3-4-15-18)9-16-10-13(11-16)17-7-5-14-6-8-17/h3-4,13-14H,2,5-11H2,1H3. The van der Waals surface area contributed by atoms with Gasteiger partial charge in [-0.2, -0.15) is 5.10 Å². The Morgan fingerprint density at radius 2 is 2.11 bits per heavy atom. The fraction of sp³-hybridized carbons (Fsp3) is 0.769. The molecule has 1 aromatic heterocycles. The minimum absolute atomic E-state index is 0.782.